The second-order valence-corrected chi connectivity index (χ2v) is 5.74. The molecule has 1 atom stereocenters. The van der Waals surface area contributed by atoms with Crippen molar-refractivity contribution in [1.29, 1.82) is 0 Å². The van der Waals surface area contributed by atoms with Crippen LogP contribution in [0.25, 0.3) is 0 Å². The number of rotatable bonds is 6. The van der Waals surface area contributed by atoms with E-state index in [2.05, 4.69) is 56.5 Å². The second kappa shape index (κ2) is 7.29. The van der Waals surface area contributed by atoms with Crippen LogP contribution in [0.15, 0.2) is 18.2 Å². The maximum Gasteiger partial charge on any atom is 0.236 e. The van der Waals surface area contributed by atoms with Crippen molar-refractivity contribution in [2.75, 3.05) is 6.54 Å². The van der Waals surface area contributed by atoms with Crippen molar-refractivity contribution in [3.05, 3.63) is 34.9 Å². The molecule has 1 rings (SSSR count). The Kier molecular flexibility index (Phi) is 6.03. The van der Waals surface area contributed by atoms with Gasteiger partial charge in [0.25, 0.3) is 0 Å². The molecule has 1 unspecified atom stereocenters. The zero-order chi connectivity index (χ0) is 14.4. The summed E-state index contributed by atoms with van der Waals surface area (Å²) in [5.41, 5.74) is 3.74. The van der Waals surface area contributed by atoms with E-state index in [0.717, 1.165) is 13.1 Å². The van der Waals surface area contributed by atoms with E-state index in [0.29, 0.717) is 5.92 Å². The molecule has 0 aliphatic carbocycles. The van der Waals surface area contributed by atoms with Gasteiger partial charge in [-0.15, -0.1) is 0 Å². The van der Waals surface area contributed by atoms with Gasteiger partial charge in [0, 0.05) is 13.1 Å². The molecular formula is C16H26N2O. The topological polar surface area (TPSA) is 41.1 Å². The second-order valence-electron chi connectivity index (χ2n) is 5.74. The summed E-state index contributed by atoms with van der Waals surface area (Å²) in [4.78, 5) is 11.8. The first kappa shape index (κ1) is 15.7. The van der Waals surface area contributed by atoms with Crippen LogP contribution in [-0.4, -0.2) is 18.5 Å². The highest BCUT2D eigenvalue weighted by atomic mass is 16.2. The molecule has 1 amide bonds. The van der Waals surface area contributed by atoms with Gasteiger partial charge in [0.1, 0.15) is 0 Å². The predicted molar refractivity (Wildman–Crippen MR) is 80.1 cm³/mol. The zero-order valence-corrected chi connectivity index (χ0v) is 12.7. The molecule has 1 aromatic carbocycles. The summed E-state index contributed by atoms with van der Waals surface area (Å²) in [6, 6.07) is 6.29. The molecule has 0 radical (unpaired) electrons. The van der Waals surface area contributed by atoms with Gasteiger partial charge in [0.05, 0.1) is 6.04 Å². The number of aryl methyl sites for hydroxylation is 2. The number of nitrogens with one attached hydrogen (secondary N) is 2. The van der Waals surface area contributed by atoms with Crippen molar-refractivity contribution in [3.8, 4) is 0 Å². The van der Waals surface area contributed by atoms with E-state index in [1.165, 1.54) is 16.7 Å². The Morgan fingerprint density at radius 3 is 2.21 bits per heavy atom. The summed E-state index contributed by atoms with van der Waals surface area (Å²) in [6.45, 7) is 11.7. The first-order chi connectivity index (χ1) is 8.88. The third-order valence-electron chi connectivity index (χ3n) is 2.97. The summed E-state index contributed by atoms with van der Waals surface area (Å²) in [5, 5.41) is 6.20. The molecule has 3 heteroatoms. The smallest absolute Gasteiger partial charge is 0.236 e. The SMILES string of the molecule is Cc1cc(C)cc(CNC(C)C(=O)NCC(C)C)c1. The van der Waals surface area contributed by atoms with Crippen LogP contribution in [0.4, 0.5) is 0 Å². The minimum Gasteiger partial charge on any atom is -0.354 e. The molecule has 19 heavy (non-hydrogen) atoms. The molecule has 0 fully saturated rings. The molecular weight excluding hydrogens is 236 g/mol. The number of hydrogen-bond acceptors (Lipinski definition) is 2. The quantitative estimate of drug-likeness (QED) is 0.827. The Hall–Kier alpha value is -1.35. The lowest BCUT2D eigenvalue weighted by Crippen LogP contribution is -2.42. The van der Waals surface area contributed by atoms with E-state index in [-0.39, 0.29) is 11.9 Å². The molecule has 0 saturated heterocycles. The third-order valence-corrected chi connectivity index (χ3v) is 2.97. The molecule has 0 spiro atoms. The highest BCUT2D eigenvalue weighted by Gasteiger charge is 2.11. The van der Waals surface area contributed by atoms with Gasteiger partial charge in [-0.05, 0) is 32.3 Å². The summed E-state index contributed by atoms with van der Waals surface area (Å²) in [6.07, 6.45) is 0. The summed E-state index contributed by atoms with van der Waals surface area (Å²) in [7, 11) is 0. The lowest BCUT2D eigenvalue weighted by Gasteiger charge is -2.15. The van der Waals surface area contributed by atoms with Crippen LogP contribution in [-0.2, 0) is 11.3 Å². The molecule has 2 N–H and O–H groups in total. The van der Waals surface area contributed by atoms with Gasteiger partial charge in [-0.2, -0.15) is 0 Å². The molecule has 1 aromatic rings. The molecule has 3 nitrogen and oxygen atoms in total. The molecule has 0 bridgehead atoms. The van der Waals surface area contributed by atoms with Gasteiger partial charge in [0.15, 0.2) is 0 Å². The number of amides is 1. The van der Waals surface area contributed by atoms with E-state index in [1.54, 1.807) is 0 Å². The van der Waals surface area contributed by atoms with Crippen molar-refractivity contribution in [2.45, 2.75) is 47.2 Å². The van der Waals surface area contributed by atoms with Gasteiger partial charge in [-0.1, -0.05) is 43.2 Å². The minimum absolute atomic E-state index is 0.0677. The van der Waals surface area contributed by atoms with Gasteiger partial charge >= 0.3 is 0 Å². The Morgan fingerprint density at radius 1 is 1.11 bits per heavy atom. The largest absolute Gasteiger partial charge is 0.354 e. The van der Waals surface area contributed by atoms with Crippen LogP contribution in [0, 0.1) is 19.8 Å². The molecule has 0 aromatic heterocycles. The molecule has 0 aliphatic heterocycles. The Labute approximate surface area is 116 Å². The highest BCUT2D eigenvalue weighted by molar-refractivity contribution is 5.81. The maximum atomic E-state index is 11.8. The average molecular weight is 262 g/mol. The van der Waals surface area contributed by atoms with Crippen LogP contribution in [0.1, 0.15) is 37.5 Å². The Balaban J connectivity index is 2.44. The van der Waals surface area contributed by atoms with Crippen molar-refractivity contribution in [3.63, 3.8) is 0 Å². The monoisotopic (exact) mass is 262 g/mol. The van der Waals surface area contributed by atoms with Crippen LogP contribution < -0.4 is 10.6 Å². The van der Waals surface area contributed by atoms with E-state index >= 15 is 0 Å². The Bertz CT molecular complexity index is 407. The number of carbonyl (C=O) groups excluding carboxylic acids is 1. The lowest BCUT2D eigenvalue weighted by atomic mass is 10.1. The standard InChI is InChI=1S/C16H26N2O/c1-11(2)9-18-16(19)14(5)17-10-15-7-12(3)6-13(4)8-15/h6-8,11,14,17H,9-10H2,1-5H3,(H,18,19). The fourth-order valence-corrected chi connectivity index (χ4v) is 1.99. The summed E-state index contributed by atoms with van der Waals surface area (Å²) >= 11 is 0. The number of benzene rings is 1. The number of hydrogen-bond donors (Lipinski definition) is 2. The number of carbonyl (C=O) groups is 1. The molecule has 0 aliphatic rings. The summed E-state index contributed by atoms with van der Waals surface area (Å²) in [5.74, 6) is 0.550. The van der Waals surface area contributed by atoms with E-state index in [1.807, 2.05) is 6.92 Å². The normalized spacial score (nSPS) is 12.5. The van der Waals surface area contributed by atoms with Crippen LogP contribution >= 0.6 is 0 Å². The van der Waals surface area contributed by atoms with Gasteiger partial charge in [-0.25, -0.2) is 0 Å². The van der Waals surface area contributed by atoms with Crippen LogP contribution in [0.2, 0.25) is 0 Å². The fraction of sp³-hybridized carbons (Fsp3) is 0.562. The predicted octanol–water partition coefficient (Wildman–Crippen LogP) is 2.55. The van der Waals surface area contributed by atoms with Gasteiger partial charge in [-0.3, -0.25) is 4.79 Å². The van der Waals surface area contributed by atoms with Crippen LogP contribution in [0.5, 0.6) is 0 Å². The molecule has 0 heterocycles. The van der Waals surface area contributed by atoms with Crippen LogP contribution in [0.3, 0.4) is 0 Å². The average Bonchev–Trinajstić information content (AvgIpc) is 2.31. The lowest BCUT2D eigenvalue weighted by molar-refractivity contribution is -0.122. The van der Waals surface area contributed by atoms with E-state index in [4.69, 9.17) is 0 Å². The van der Waals surface area contributed by atoms with Crippen molar-refractivity contribution in [1.82, 2.24) is 10.6 Å². The fourth-order valence-electron chi connectivity index (χ4n) is 1.99. The minimum atomic E-state index is -0.167. The van der Waals surface area contributed by atoms with Crippen molar-refractivity contribution >= 4 is 5.91 Å². The Morgan fingerprint density at radius 2 is 1.68 bits per heavy atom. The first-order valence-electron chi connectivity index (χ1n) is 6.96. The highest BCUT2D eigenvalue weighted by Crippen LogP contribution is 2.08. The maximum absolute atomic E-state index is 11.8. The van der Waals surface area contributed by atoms with Gasteiger partial charge < -0.3 is 10.6 Å². The zero-order valence-electron chi connectivity index (χ0n) is 12.7. The van der Waals surface area contributed by atoms with Crippen molar-refractivity contribution in [2.24, 2.45) is 5.92 Å². The third kappa shape index (κ3) is 5.88. The van der Waals surface area contributed by atoms with E-state index < -0.39 is 0 Å². The molecule has 0 saturated carbocycles. The van der Waals surface area contributed by atoms with E-state index in [9.17, 15) is 4.79 Å². The van der Waals surface area contributed by atoms with Gasteiger partial charge in [0.2, 0.25) is 5.91 Å². The molecule has 106 valence electrons. The first-order valence-corrected chi connectivity index (χ1v) is 6.96. The summed E-state index contributed by atoms with van der Waals surface area (Å²) < 4.78 is 0. The van der Waals surface area contributed by atoms with Crippen molar-refractivity contribution < 1.29 is 4.79 Å².